The van der Waals surface area contributed by atoms with Gasteiger partial charge in [0.15, 0.2) is 0 Å². The van der Waals surface area contributed by atoms with Crippen molar-refractivity contribution in [3.05, 3.63) is 105 Å². The fourth-order valence-corrected chi connectivity index (χ4v) is 7.82. The van der Waals surface area contributed by atoms with E-state index in [2.05, 4.69) is 41.9 Å². The first-order valence-corrected chi connectivity index (χ1v) is 19.6. The lowest BCUT2D eigenvalue weighted by atomic mass is 9.93. The minimum absolute atomic E-state index is 0.0335. The molecule has 1 atom stereocenters. The molecular formula is C44H49ClN4O7. The highest BCUT2D eigenvalue weighted by Gasteiger charge is 2.29. The van der Waals surface area contributed by atoms with Crippen molar-refractivity contribution in [2.24, 2.45) is 0 Å². The van der Waals surface area contributed by atoms with Gasteiger partial charge in [0.1, 0.15) is 48.7 Å². The lowest BCUT2D eigenvalue weighted by Gasteiger charge is -2.33. The lowest BCUT2D eigenvalue weighted by molar-refractivity contribution is -0.145. The summed E-state index contributed by atoms with van der Waals surface area (Å²) in [6.45, 7) is 9.53. The number of nitrogens with zero attached hydrogens (tertiary/aromatic N) is 4. The van der Waals surface area contributed by atoms with Gasteiger partial charge in [-0.15, -0.1) is 0 Å². The summed E-state index contributed by atoms with van der Waals surface area (Å²) in [5.41, 5.74) is 7.22. The molecule has 0 unspecified atom stereocenters. The molecule has 56 heavy (non-hydrogen) atoms. The van der Waals surface area contributed by atoms with Crippen molar-refractivity contribution in [1.82, 2.24) is 14.8 Å². The molecule has 12 heteroatoms. The van der Waals surface area contributed by atoms with Crippen molar-refractivity contribution in [1.29, 1.82) is 5.26 Å². The summed E-state index contributed by atoms with van der Waals surface area (Å²) in [5, 5.41) is 19.7. The van der Waals surface area contributed by atoms with Gasteiger partial charge < -0.3 is 29.0 Å². The molecule has 4 aromatic rings. The van der Waals surface area contributed by atoms with Crippen LogP contribution in [0.15, 0.2) is 67.0 Å². The van der Waals surface area contributed by atoms with Gasteiger partial charge in [0.05, 0.1) is 17.2 Å². The third-order valence-corrected chi connectivity index (χ3v) is 11.1. The second kappa shape index (κ2) is 19.6. The quantitative estimate of drug-likeness (QED) is 0.0828. The molecule has 11 nitrogen and oxygen atoms in total. The Morgan fingerprint density at radius 2 is 1.68 bits per heavy atom. The van der Waals surface area contributed by atoms with Crippen molar-refractivity contribution < 1.29 is 33.6 Å². The normalized spacial score (nSPS) is 16.5. The number of carboxylic acids is 1. The zero-order valence-electron chi connectivity index (χ0n) is 32.0. The Morgan fingerprint density at radius 3 is 2.45 bits per heavy atom. The molecule has 0 radical (unpaired) electrons. The highest BCUT2D eigenvalue weighted by molar-refractivity contribution is 6.32. The molecule has 294 valence electrons. The first-order valence-electron chi connectivity index (χ1n) is 19.3. The van der Waals surface area contributed by atoms with Crippen LogP contribution in [0.25, 0.3) is 11.1 Å². The predicted octanol–water partition coefficient (Wildman–Crippen LogP) is 7.89. The molecule has 0 aliphatic carbocycles. The number of carbonyl (C=O) groups excluding carboxylic acids is 1. The Morgan fingerprint density at radius 1 is 0.911 bits per heavy atom. The maximum absolute atomic E-state index is 12.1. The summed E-state index contributed by atoms with van der Waals surface area (Å²) in [7, 11) is 0. The summed E-state index contributed by atoms with van der Waals surface area (Å²) in [5.74, 6) is 0.984. The number of ether oxygens (including phenoxy) is 4. The Hall–Kier alpha value is -5.15. The van der Waals surface area contributed by atoms with Gasteiger partial charge in [0.25, 0.3) is 6.47 Å². The number of hydrogen-bond acceptors (Lipinski definition) is 10. The molecule has 0 amide bonds. The standard InChI is InChI=1S/C44H49ClN4O7/c1-30-34(8-5-9-37(30)38-10-6-12-41(31(38)2)53-19-7-15-48-17-13-36(14-18-48)56-29-50)28-55-43-22-42(54-27-33-20-32(23-46)24-47-25-33)35(21-39(43)45)26-49-16-4-3-11-40(49)44(51)52/h5-6,8-10,12,20-22,24-25,29,36,40H,3-4,7,11,13-19,26-28H2,1-2H3,(H,51,52)/t40-/m0/s1. The lowest BCUT2D eigenvalue weighted by Crippen LogP contribution is -2.44. The summed E-state index contributed by atoms with van der Waals surface area (Å²) >= 11 is 6.87. The molecule has 0 bridgehead atoms. The first-order chi connectivity index (χ1) is 27.2. The van der Waals surface area contributed by atoms with Crippen molar-refractivity contribution in [2.45, 2.75) is 84.3 Å². The number of aliphatic carboxylic acids is 1. The number of halogens is 1. The predicted molar refractivity (Wildman–Crippen MR) is 213 cm³/mol. The van der Waals surface area contributed by atoms with Crippen molar-refractivity contribution in [3.63, 3.8) is 0 Å². The van der Waals surface area contributed by atoms with Gasteiger partial charge in [0.2, 0.25) is 0 Å². The summed E-state index contributed by atoms with van der Waals surface area (Å²) in [6.07, 6.45) is 8.19. The number of pyridine rings is 1. The number of carboxylic acid groups (broad SMARTS) is 1. The Kier molecular flexibility index (Phi) is 14.2. The van der Waals surface area contributed by atoms with E-state index in [-0.39, 0.29) is 19.3 Å². The molecule has 1 N–H and O–H groups in total. The van der Waals surface area contributed by atoms with Crippen molar-refractivity contribution in [3.8, 4) is 34.4 Å². The molecule has 2 saturated heterocycles. The molecule has 2 fully saturated rings. The first kappa shape index (κ1) is 40.5. The summed E-state index contributed by atoms with van der Waals surface area (Å²) in [4.78, 5) is 31.2. The van der Waals surface area contributed by atoms with Gasteiger partial charge in [-0.1, -0.05) is 48.4 Å². The van der Waals surface area contributed by atoms with Crippen LogP contribution in [0.5, 0.6) is 17.2 Å². The van der Waals surface area contributed by atoms with Crippen molar-refractivity contribution >= 4 is 24.0 Å². The largest absolute Gasteiger partial charge is 0.493 e. The fraction of sp³-hybridized carbons (Fsp3) is 0.409. The molecule has 3 aromatic carbocycles. The van der Waals surface area contributed by atoms with Crippen LogP contribution < -0.4 is 14.2 Å². The highest BCUT2D eigenvalue weighted by atomic mass is 35.5. The highest BCUT2D eigenvalue weighted by Crippen LogP contribution is 2.37. The third kappa shape index (κ3) is 10.4. The number of hydrogen-bond donors (Lipinski definition) is 1. The molecule has 2 aliphatic heterocycles. The van der Waals surface area contributed by atoms with E-state index in [9.17, 15) is 20.0 Å². The number of carbonyl (C=O) groups is 2. The van der Waals surface area contributed by atoms with Crippen LogP contribution in [0.4, 0.5) is 0 Å². The van der Waals surface area contributed by atoms with Gasteiger partial charge in [-0.3, -0.25) is 19.5 Å². The maximum Gasteiger partial charge on any atom is 0.320 e. The van der Waals surface area contributed by atoms with E-state index in [4.69, 9.17) is 30.5 Å². The average Bonchev–Trinajstić information content (AvgIpc) is 3.21. The van der Waals surface area contributed by atoms with E-state index >= 15 is 0 Å². The third-order valence-electron chi connectivity index (χ3n) is 10.8. The monoisotopic (exact) mass is 780 g/mol. The maximum atomic E-state index is 12.1. The summed E-state index contributed by atoms with van der Waals surface area (Å²) in [6, 6.07) is 19.1. The van der Waals surface area contributed by atoms with Crippen LogP contribution in [0.1, 0.15) is 71.9 Å². The average molecular weight is 781 g/mol. The zero-order valence-corrected chi connectivity index (χ0v) is 32.8. The summed E-state index contributed by atoms with van der Waals surface area (Å²) < 4.78 is 24.1. The van der Waals surface area contributed by atoms with Crippen molar-refractivity contribution in [2.75, 3.05) is 32.8 Å². The van der Waals surface area contributed by atoms with E-state index in [1.165, 1.54) is 6.20 Å². The van der Waals surface area contributed by atoms with Crippen LogP contribution in [-0.4, -0.2) is 77.3 Å². The number of aromatic nitrogens is 1. The molecule has 6 rings (SSSR count). The van der Waals surface area contributed by atoms with Crippen LogP contribution in [-0.2, 0) is 34.1 Å². The Labute approximate surface area is 333 Å². The topological polar surface area (TPSA) is 134 Å². The minimum Gasteiger partial charge on any atom is -0.493 e. The van der Waals surface area contributed by atoms with Crippen LogP contribution >= 0.6 is 11.6 Å². The number of rotatable bonds is 17. The van der Waals surface area contributed by atoms with Gasteiger partial charge in [-0.2, -0.15) is 5.26 Å². The van der Waals surface area contributed by atoms with E-state index in [1.807, 2.05) is 29.2 Å². The van der Waals surface area contributed by atoms with E-state index < -0.39 is 12.0 Å². The van der Waals surface area contributed by atoms with Gasteiger partial charge in [0, 0.05) is 55.8 Å². The number of likely N-dealkylation sites (tertiary alicyclic amines) is 2. The van der Waals surface area contributed by atoms with E-state index in [0.29, 0.717) is 54.7 Å². The molecule has 0 saturated carbocycles. The van der Waals surface area contributed by atoms with Crippen LogP contribution in [0, 0.1) is 25.2 Å². The molecule has 2 aliphatic rings. The number of nitriles is 1. The second-order valence-electron chi connectivity index (χ2n) is 14.5. The molecular weight excluding hydrogens is 732 g/mol. The van der Waals surface area contributed by atoms with Crippen LogP contribution in [0.3, 0.4) is 0 Å². The van der Waals surface area contributed by atoms with Crippen LogP contribution in [0.2, 0.25) is 5.02 Å². The SMILES string of the molecule is Cc1c(COc2cc(OCc3cncc(C#N)c3)c(CN3CCCC[C@H]3C(=O)O)cc2Cl)cccc1-c1cccc(OCCCN2CCC(OC=O)CC2)c1C. The Balaban J connectivity index is 1.15. The van der Waals surface area contributed by atoms with Gasteiger partial charge in [-0.25, -0.2) is 0 Å². The Bertz CT molecular complexity index is 2030. The van der Waals surface area contributed by atoms with E-state index in [1.54, 1.807) is 24.4 Å². The zero-order chi connectivity index (χ0) is 39.4. The van der Waals surface area contributed by atoms with Gasteiger partial charge >= 0.3 is 5.97 Å². The second-order valence-corrected chi connectivity index (χ2v) is 14.9. The fourth-order valence-electron chi connectivity index (χ4n) is 7.58. The van der Waals surface area contributed by atoms with E-state index in [0.717, 1.165) is 96.4 Å². The molecule has 1 aromatic heterocycles. The number of piperidine rings is 2. The minimum atomic E-state index is -0.836. The molecule has 3 heterocycles. The smallest absolute Gasteiger partial charge is 0.320 e. The van der Waals surface area contributed by atoms with Gasteiger partial charge in [-0.05, 0) is 98.5 Å². The number of benzene rings is 3. The molecule has 0 spiro atoms.